The van der Waals surface area contributed by atoms with Crippen molar-refractivity contribution < 1.29 is 5.11 Å². The van der Waals surface area contributed by atoms with Crippen molar-refractivity contribution in [1.82, 2.24) is 15.4 Å². The molecular formula is C8H5ClN3O. The Morgan fingerprint density at radius 1 is 1.38 bits per heavy atom. The predicted molar refractivity (Wildman–Crippen MR) is 47.0 cm³/mol. The summed E-state index contributed by atoms with van der Waals surface area (Å²) in [6.07, 6.45) is 1.46. The molecule has 13 heavy (non-hydrogen) atoms. The third-order valence-electron chi connectivity index (χ3n) is 1.66. The fourth-order valence-corrected chi connectivity index (χ4v) is 1.35. The molecule has 2 aromatic rings. The molecule has 1 N–H and O–H groups in total. The zero-order chi connectivity index (χ0) is 9.26. The largest absolute Gasteiger partial charge is 0.289 e. The average molecular weight is 195 g/mol. The molecule has 0 unspecified atom stereocenters. The Morgan fingerprint density at radius 2 is 2.23 bits per heavy atom. The summed E-state index contributed by atoms with van der Waals surface area (Å²) >= 11 is 5.85. The highest BCUT2D eigenvalue weighted by atomic mass is 35.5. The minimum absolute atomic E-state index is 0.140. The number of nitrogens with zero attached hydrogens (tertiary/aromatic N) is 2. The Labute approximate surface area is 79.2 Å². The number of halogens is 1. The lowest BCUT2D eigenvalue weighted by atomic mass is 10.1. The summed E-state index contributed by atoms with van der Waals surface area (Å²) in [7, 11) is 0. The maximum Gasteiger partial charge on any atom is 0.189 e. The van der Waals surface area contributed by atoms with E-state index in [9.17, 15) is 5.11 Å². The summed E-state index contributed by atoms with van der Waals surface area (Å²) in [6.45, 7) is 0. The molecule has 4 nitrogen and oxygen atoms in total. The third kappa shape index (κ3) is 1.36. The first-order chi connectivity index (χ1) is 6.29. The smallest absolute Gasteiger partial charge is 0.189 e. The number of rotatable bonds is 1. The van der Waals surface area contributed by atoms with E-state index in [-0.39, 0.29) is 5.75 Å². The molecule has 0 aliphatic heterocycles. The molecule has 5 heteroatoms. The van der Waals surface area contributed by atoms with Crippen molar-refractivity contribution in [3.63, 3.8) is 0 Å². The van der Waals surface area contributed by atoms with Gasteiger partial charge in [0, 0.05) is 0 Å². The summed E-state index contributed by atoms with van der Waals surface area (Å²) in [4.78, 5) is 0. The lowest BCUT2D eigenvalue weighted by molar-refractivity contribution is 0.356. The maximum absolute atomic E-state index is 11.4. The highest BCUT2D eigenvalue weighted by Gasteiger charge is 2.11. The van der Waals surface area contributed by atoms with Crippen LogP contribution in [0.25, 0.3) is 11.3 Å². The fraction of sp³-hybridized carbons (Fsp3) is 0. The van der Waals surface area contributed by atoms with E-state index in [2.05, 4.69) is 15.4 Å². The van der Waals surface area contributed by atoms with Crippen LogP contribution in [-0.2, 0) is 5.11 Å². The Hall–Kier alpha value is -1.55. The van der Waals surface area contributed by atoms with Gasteiger partial charge in [0.1, 0.15) is 0 Å². The highest BCUT2D eigenvalue weighted by Crippen LogP contribution is 2.33. The molecule has 1 aromatic heterocycles. The standard InChI is InChI=1S/C8H5ClN3O/c9-5-2-1-3-7(13)8(5)6-4-10-12-11-6/h1-4H,(H,10,11,12). The van der Waals surface area contributed by atoms with Gasteiger partial charge in [-0.1, -0.05) is 22.9 Å². The van der Waals surface area contributed by atoms with Crippen LogP contribution < -0.4 is 0 Å². The van der Waals surface area contributed by atoms with E-state index in [4.69, 9.17) is 11.6 Å². The normalized spacial score (nSPS) is 10.2. The average Bonchev–Trinajstić information content (AvgIpc) is 2.57. The fourth-order valence-electron chi connectivity index (χ4n) is 1.08. The minimum atomic E-state index is -0.140. The molecule has 2 rings (SSSR count). The Kier molecular flexibility index (Phi) is 1.90. The first-order valence-corrected chi connectivity index (χ1v) is 3.99. The molecular weight excluding hydrogens is 190 g/mol. The van der Waals surface area contributed by atoms with Crippen LogP contribution in [0, 0.1) is 0 Å². The van der Waals surface area contributed by atoms with Crippen LogP contribution in [0.1, 0.15) is 0 Å². The second-order valence-corrected chi connectivity index (χ2v) is 2.89. The van der Waals surface area contributed by atoms with Gasteiger partial charge >= 0.3 is 0 Å². The van der Waals surface area contributed by atoms with E-state index in [0.29, 0.717) is 16.3 Å². The van der Waals surface area contributed by atoms with Crippen molar-refractivity contribution in [1.29, 1.82) is 0 Å². The SMILES string of the molecule is [O]c1cccc(Cl)c1-c1cnn[nH]1. The first kappa shape index (κ1) is 8.07. The molecule has 0 saturated heterocycles. The number of aromatic amines is 1. The van der Waals surface area contributed by atoms with Crippen molar-refractivity contribution in [2.75, 3.05) is 0 Å². The van der Waals surface area contributed by atoms with Gasteiger partial charge in [-0.15, -0.1) is 5.10 Å². The molecule has 65 valence electrons. The number of hydrogen-bond acceptors (Lipinski definition) is 2. The zero-order valence-electron chi connectivity index (χ0n) is 6.49. The minimum Gasteiger partial charge on any atom is -0.289 e. The monoisotopic (exact) mass is 194 g/mol. The van der Waals surface area contributed by atoms with Crippen molar-refractivity contribution in [2.24, 2.45) is 0 Å². The van der Waals surface area contributed by atoms with Crippen LogP contribution in [0.2, 0.25) is 5.02 Å². The lowest BCUT2D eigenvalue weighted by Gasteiger charge is -2.00. The molecule has 0 atom stereocenters. The number of H-pyrrole nitrogens is 1. The van der Waals surface area contributed by atoms with Crippen molar-refractivity contribution >= 4 is 11.6 Å². The van der Waals surface area contributed by atoms with Gasteiger partial charge in [-0.3, -0.25) is 10.2 Å². The molecule has 0 aliphatic carbocycles. The van der Waals surface area contributed by atoms with Gasteiger partial charge in [-0.2, -0.15) is 0 Å². The van der Waals surface area contributed by atoms with Gasteiger partial charge in [0.25, 0.3) is 0 Å². The van der Waals surface area contributed by atoms with Crippen molar-refractivity contribution in [2.45, 2.75) is 0 Å². The summed E-state index contributed by atoms with van der Waals surface area (Å²) in [6, 6.07) is 4.71. The van der Waals surface area contributed by atoms with Gasteiger partial charge < -0.3 is 0 Å². The number of nitrogens with one attached hydrogen (secondary N) is 1. The van der Waals surface area contributed by atoms with E-state index in [0.717, 1.165) is 0 Å². The highest BCUT2D eigenvalue weighted by molar-refractivity contribution is 6.33. The molecule has 0 bridgehead atoms. The van der Waals surface area contributed by atoms with Gasteiger partial charge in [0.2, 0.25) is 0 Å². The second-order valence-electron chi connectivity index (χ2n) is 2.48. The Morgan fingerprint density at radius 3 is 2.85 bits per heavy atom. The molecule has 1 radical (unpaired) electrons. The Bertz CT molecular complexity index is 393. The first-order valence-electron chi connectivity index (χ1n) is 3.61. The van der Waals surface area contributed by atoms with Gasteiger partial charge in [0.05, 0.1) is 22.5 Å². The number of benzene rings is 1. The maximum atomic E-state index is 11.4. The van der Waals surface area contributed by atoms with Crippen LogP contribution in [-0.4, -0.2) is 15.4 Å². The molecule has 0 aliphatic rings. The molecule has 0 saturated carbocycles. The third-order valence-corrected chi connectivity index (χ3v) is 1.97. The van der Waals surface area contributed by atoms with Gasteiger partial charge in [0.15, 0.2) is 5.75 Å². The van der Waals surface area contributed by atoms with E-state index in [1.54, 1.807) is 12.1 Å². The quantitative estimate of drug-likeness (QED) is 0.757. The summed E-state index contributed by atoms with van der Waals surface area (Å²) < 4.78 is 0. The van der Waals surface area contributed by atoms with E-state index in [1.165, 1.54) is 12.3 Å². The van der Waals surface area contributed by atoms with Gasteiger partial charge in [-0.25, -0.2) is 0 Å². The van der Waals surface area contributed by atoms with Crippen LogP contribution >= 0.6 is 11.6 Å². The summed E-state index contributed by atoms with van der Waals surface area (Å²) in [5.74, 6) is -0.140. The summed E-state index contributed by atoms with van der Waals surface area (Å²) in [5, 5.41) is 21.5. The molecule has 0 amide bonds. The predicted octanol–water partition coefficient (Wildman–Crippen LogP) is 2.27. The summed E-state index contributed by atoms with van der Waals surface area (Å²) in [5.41, 5.74) is 0.949. The molecule has 1 heterocycles. The second kappa shape index (κ2) is 3.06. The van der Waals surface area contributed by atoms with Crippen LogP contribution in [0.4, 0.5) is 0 Å². The van der Waals surface area contributed by atoms with E-state index >= 15 is 0 Å². The van der Waals surface area contributed by atoms with Crippen LogP contribution in [0.3, 0.4) is 0 Å². The van der Waals surface area contributed by atoms with Crippen molar-refractivity contribution in [3.05, 3.63) is 29.4 Å². The van der Waals surface area contributed by atoms with E-state index in [1.807, 2.05) is 0 Å². The van der Waals surface area contributed by atoms with Gasteiger partial charge in [-0.05, 0) is 12.1 Å². The van der Waals surface area contributed by atoms with Crippen LogP contribution in [0.5, 0.6) is 5.75 Å². The molecule has 0 spiro atoms. The Balaban J connectivity index is 2.64. The van der Waals surface area contributed by atoms with Crippen LogP contribution in [0.15, 0.2) is 24.4 Å². The molecule has 0 fully saturated rings. The van der Waals surface area contributed by atoms with E-state index < -0.39 is 0 Å². The number of aromatic nitrogens is 3. The number of hydrogen-bond donors (Lipinski definition) is 1. The molecule has 1 aromatic carbocycles. The zero-order valence-corrected chi connectivity index (χ0v) is 7.25. The van der Waals surface area contributed by atoms with Crippen molar-refractivity contribution in [3.8, 4) is 17.0 Å². The topological polar surface area (TPSA) is 61.5 Å². The lowest BCUT2D eigenvalue weighted by Crippen LogP contribution is -1.80.